The molecule has 2 N–H and O–H groups in total. The number of hydrogen-bond donors (Lipinski definition) is 2. The summed E-state index contributed by atoms with van der Waals surface area (Å²) in [7, 11) is 0. The predicted molar refractivity (Wildman–Crippen MR) is 123 cm³/mol. The van der Waals surface area contributed by atoms with Crippen LogP contribution in [0, 0.1) is 10.1 Å². The Hall–Kier alpha value is -4.28. The lowest BCUT2D eigenvalue weighted by Crippen LogP contribution is -2.42. The Kier molecular flexibility index (Phi) is 6.94. The van der Waals surface area contributed by atoms with Crippen molar-refractivity contribution in [3.63, 3.8) is 0 Å². The lowest BCUT2D eigenvalue weighted by atomic mass is 9.92. The molecule has 0 spiro atoms. The van der Waals surface area contributed by atoms with Gasteiger partial charge in [0.05, 0.1) is 4.92 Å². The van der Waals surface area contributed by atoms with Gasteiger partial charge in [0.25, 0.3) is 17.5 Å². The highest BCUT2D eigenvalue weighted by molar-refractivity contribution is 6.10. The van der Waals surface area contributed by atoms with Crippen LogP contribution in [0.1, 0.15) is 36.7 Å². The third-order valence-electron chi connectivity index (χ3n) is 5.68. The molecule has 5 amide bonds. The Morgan fingerprint density at radius 1 is 1.12 bits per heavy atom. The van der Waals surface area contributed by atoms with E-state index in [0.717, 1.165) is 4.90 Å². The highest BCUT2D eigenvalue weighted by Crippen LogP contribution is 2.30. The van der Waals surface area contributed by atoms with Crippen LogP contribution in [0.4, 0.5) is 16.2 Å². The summed E-state index contributed by atoms with van der Waals surface area (Å²) in [6, 6.07) is 10.9. The van der Waals surface area contributed by atoms with Crippen LogP contribution in [0.2, 0.25) is 0 Å². The van der Waals surface area contributed by atoms with Gasteiger partial charge in [-0.1, -0.05) is 6.07 Å². The number of amides is 5. The summed E-state index contributed by atoms with van der Waals surface area (Å²) in [5, 5.41) is 16.0. The summed E-state index contributed by atoms with van der Waals surface area (Å²) in [5.74, 6) is -1.45. The number of non-ortho nitro benzene ring substituents is 1. The second kappa shape index (κ2) is 9.69. The van der Waals surface area contributed by atoms with E-state index in [-0.39, 0.29) is 11.6 Å². The summed E-state index contributed by atoms with van der Waals surface area (Å²) in [6.07, 6.45) is 0. The Morgan fingerprint density at radius 2 is 1.76 bits per heavy atom. The Bertz CT molecular complexity index is 1140. The van der Waals surface area contributed by atoms with Gasteiger partial charge < -0.3 is 15.5 Å². The Balaban J connectivity index is 1.71. The summed E-state index contributed by atoms with van der Waals surface area (Å²) in [4.78, 5) is 63.4. The van der Waals surface area contributed by atoms with Crippen molar-refractivity contribution in [2.24, 2.45) is 0 Å². The second-order valence-electron chi connectivity index (χ2n) is 7.86. The molecule has 34 heavy (non-hydrogen) atoms. The summed E-state index contributed by atoms with van der Waals surface area (Å²) < 4.78 is 0. The van der Waals surface area contributed by atoms with E-state index in [4.69, 9.17) is 0 Å². The molecule has 1 fully saturated rings. The van der Waals surface area contributed by atoms with Crippen LogP contribution >= 0.6 is 0 Å². The molecule has 0 saturated carbocycles. The minimum Gasteiger partial charge on any atom is -0.339 e. The van der Waals surface area contributed by atoms with Crippen LogP contribution in [-0.2, 0) is 15.1 Å². The first-order valence-electron chi connectivity index (χ1n) is 10.7. The molecule has 178 valence electrons. The van der Waals surface area contributed by atoms with E-state index in [2.05, 4.69) is 10.6 Å². The number of rotatable bonds is 8. The first-order valence-corrected chi connectivity index (χ1v) is 10.7. The molecule has 11 nitrogen and oxygen atoms in total. The molecule has 11 heteroatoms. The fourth-order valence-electron chi connectivity index (χ4n) is 3.72. The highest BCUT2D eigenvalue weighted by atomic mass is 16.6. The SMILES string of the molecule is CCN(CC)C(=O)c1cccc(NC(=O)CN2C(=O)NC(C)(c3ccc([N+](=O)[O-])cc3)C2=O)c1. The number of urea groups is 1. The van der Waals surface area contributed by atoms with Crippen molar-refractivity contribution in [3.05, 3.63) is 69.8 Å². The van der Waals surface area contributed by atoms with Gasteiger partial charge in [-0.2, -0.15) is 0 Å². The molecule has 0 radical (unpaired) electrons. The average molecular weight is 467 g/mol. The molecule has 1 saturated heterocycles. The average Bonchev–Trinajstić information content (AvgIpc) is 3.03. The first kappa shape index (κ1) is 24.4. The summed E-state index contributed by atoms with van der Waals surface area (Å²) in [6.45, 7) is 5.76. The predicted octanol–water partition coefficient (Wildman–Crippen LogP) is 2.48. The number of nitrogens with zero attached hydrogens (tertiary/aromatic N) is 3. The largest absolute Gasteiger partial charge is 0.339 e. The molecule has 1 aliphatic rings. The van der Waals surface area contributed by atoms with Gasteiger partial charge in [0.1, 0.15) is 12.1 Å². The Labute approximate surface area is 195 Å². The molecule has 0 aromatic heterocycles. The molecular weight excluding hydrogens is 442 g/mol. The van der Waals surface area contributed by atoms with Crippen LogP contribution < -0.4 is 10.6 Å². The zero-order valence-corrected chi connectivity index (χ0v) is 19.0. The first-order chi connectivity index (χ1) is 16.1. The summed E-state index contributed by atoms with van der Waals surface area (Å²) >= 11 is 0. The molecule has 1 atom stereocenters. The maximum Gasteiger partial charge on any atom is 0.325 e. The maximum atomic E-state index is 13.0. The second-order valence-corrected chi connectivity index (χ2v) is 7.86. The third kappa shape index (κ3) is 4.72. The molecule has 0 aliphatic carbocycles. The van der Waals surface area contributed by atoms with E-state index >= 15 is 0 Å². The van der Waals surface area contributed by atoms with Crippen LogP contribution in [0.3, 0.4) is 0 Å². The number of hydrogen-bond acceptors (Lipinski definition) is 6. The van der Waals surface area contributed by atoms with Gasteiger partial charge in [0.15, 0.2) is 0 Å². The number of imide groups is 1. The zero-order chi connectivity index (χ0) is 25.0. The molecule has 0 bridgehead atoms. The number of nitrogens with one attached hydrogen (secondary N) is 2. The van der Waals surface area contributed by atoms with Crippen molar-refractivity contribution in [2.45, 2.75) is 26.3 Å². The van der Waals surface area contributed by atoms with E-state index in [1.165, 1.54) is 37.3 Å². The molecular formula is C23H25N5O6. The number of nitro benzene ring substituents is 1. The van der Waals surface area contributed by atoms with Gasteiger partial charge in [-0.3, -0.25) is 29.4 Å². The van der Waals surface area contributed by atoms with Gasteiger partial charge in [-0.25, -0.2) is 4.79 Å². The van der Waals surface area contributed by atoms with Crippen molar-refractivity contribution >= 4 is 35.1 Å². The topological polar surface area (TPSA) is 142 Å². The van der Waals surface area contributed by atoms with Crippen molar-refractivity contribution in [1.82, 2.24) is 15.1 Å². The molecule has 1 heterocycles. The van der Waals surface area contributed by atoms with Crippen molar-refractivity contribution < 1.29 is 24.1 Å². The lowest BCUT2D eigenvalue weighted by molar-refractivity contribution is -0.384. The number of anilines is 1. The van der Waals surface area contributed by atoms with E-state index in [0.29, 0.717) is 29.9 Å². The number of nitro groups is 1. The Morgan fingerprint density at radius 3 is 2.35 bits per heavy atom. The van der Waals surface area contributed by atoms with Crippen molar-refractivity contribution in [3.8, 4) is 0 Å². The quantitative estimate of drug-likeness (QED) is 0.347. The zero-order valence-electron chi connectivity index (χ0n) is 19.0. The van der Waals surface area contributed by atoms with Crippen molar-refractivity contribution in [1.29, 1.82) is 0 Å². The van der Waals surface area contributed by atoms with Crippen LogP contribution in [0.25, 0.3) is 0 Å². The molecule has 1 unspecified atom stereocenters. The minimum absolute atomic E-state index is 0.151. The fourth-order valence-corrected chi connectivity index (χ4v) is 3.72. The molecule has 2 aromatic carbocycles. The number of carbonyl (C=O) groups excluding carboxylic acids is 4. The number of carbonyl (C=O) groups is 4. The minimum atomic E-state index is -1.47. The van der Waals surface area contributed by atoms with Crippen LogP contribution in [0.15, 0.2) is 48.5 Å². The fraction of sp³-hybridized carbons (Fsp3) is 0.304. The van der Waals surface area contributed by atoms with E-state index in [1.54, 1.807) is 23.1 Å². The normalized spacial score (nSPS) is 17.3. The molecule has 3 rings (SSSR count). The third-order valence-corrected chi connectivity index (χ3v) is 5.68. The number of benzene rings is 2. The van der Waals surface area contributed by atoms with Crippen LogP contribution in [0.5, 0.6) is 0 Å². The molecule has 2 aromatic rings. The highest BCUT2D eigenvalue weighted by Gasteiger charge is 2.49. The van der Waals surface area contributed by atoms with E-state index < -0.39 is 34.9 Å². The summed E-state index contributed by atoms with van der Waals surface area (Å²) in [5.41, 5.74) is -0.512. The van der Waals surface area contributed by atoms with Gasteiger partial charge in [0.2, 0.25) is 5.91 Å². The monoisotopic (exact) mass is 467 g/mol. The smallest absolute Gasteiger partial charge is 0.325 e. The van der Waals surface area contributed by atoms with E-state index in [9.17, 15) is 29.3 Å². The van der Waals surface area contributed by atoms with E-state index in [1.807, 2.05) is 13.8 Å². The maximum absolute atomic E-state index is 13.0. The van der Waals surface area contributed by atoms with Gasteiger partial charge in [-0.05, 0) is 56.7 Å². The van der Waals surface area contributed by atoms with Gasteiger partial charge >= 0.3 is 6.03 Å². The van der Waals surface area contributed by atoms with Crippen molar-refractivity contribution in [2.75, 3.05) is 25.0 Å². The standard InChI is InChI=1S/C23H25N5O6/c1-4-26(5-2)20(30)15-7-6-8-17(13-15)24-19(29)14-27-21(31)23(3,25-22(27)32)16-9-11-18(12-10-16)28(33)34/h6-13H,4-5,14H2,1-3H3,(H,24,29)(H,25,32). The lowest BCUT2D eigenvalue weighted by Gasteiger charge is -2.22. The van der Waals surface area contributed by atoms with Gasteiger partial charge in [-0.15, -0.1) is 0 Å². The van der Waals surface area contributed by atoms with Gasteiger partial charge in [0, 0.05) is 36.5 Å². The molecule has 1 aliphatic heterocycles. The van der Waals surface area contributed by atoms with Crippen LogP contribution in [-0.4, -0.2) is 58.1 Å².